The largest absolute Gasteiger partial charge is 0.491 e. The van der Waals surface area contributed by atoms with Crippen molar-refractivity contribution in [2.75, 3.05) is 13.7 Å². The number of amides is 1. The van der Waals surface area contributed by atoms with Gasteiger partial charge in [0.25, 0.3) is 0 Å². The van der Waals surface area contributed by atoms with Crippen LogP contribution in [0.25, 0.3) is 0 Å². The molecule has 0 heterocycles. The number of ketones is 1. The number of allylic oxidation sites excluding steroid dienone is 2. The minimum atomic E-state index is -4.49. The number of nitrogens with one attached hydrogen (secondary N) is 1. The average molecular weight is 470 g/mol. The van der Waals surface area contributed by atoms with Gasteiger partial charge in [-0.1, -0.05) is 30.4 Å². The van der Waals surface area contributed by atoms with Crippen LogP contribution in [0, 0.1) is 11.8 Å². The molecule has 6 nitrogen and oxygen atoms in total. The van der Waals surface area contributed by atoms with E-state index in [0.717, 1.165) is 12.1 Å². The third-order valence-corrected chi connectivity index (χ3v) is 5.48. The van der Waals surface area contributed by atoms with Gasteiger partial charge in [-0.15, -0.1) is 0 Å². The first-order chi connectivity index (χ1) is 15.6. The second-order valence-corrected chi connectivity index (χ2v) is 7.98. The Morgan fingerprint density at radius 3 is 2.79 bits per heavy atom. The minimum absolute atomic E-state index is 0.0206. The van der Waals surface area contributed by atoms with E-state index in [4.69, 9.17) is 4.74 Å². The Kier molecular flexibility index (Phi) is 10.1. The van der Waals surface area contributed by atoms with Gasteiger partial charge in [0.05, 0.1) is 11.7 Å². The minimum Gasteiger partial charge on any atom is -0.491 e. The standard InChI is InChI=1S/C24H30F3NO5/c1-28-23(32)10-5-3-2-4-9-19-20(22(31)14-21(19)30)12-11-17(29)15-33-18-8-6-7-16(13-18)24(25,26)27/h2,4,6-8,11-13,17,19-20,22,29,31H,3,5,9-10,14-15H2,1H3,(H,28,32)/t17-,19-,20-,22-/m1/s1. The van der Waals surface area contributed by atoms with Crippen molar-refractivity contribution in [3.63, 3.8) is 0 Å². The summed E-state index contributed by atoms with van der Waals surface area (Å²) >= 11 is 0. The van der Waals surface area contributed by atoms with Gasteiger partial charge < -0.3 is 20.3 Å². The molecule has 1 amide bonds. The second-order valence-electron chi connectivity index (χ2n) is 7.98. The highest BCUT2D eigenvalue weighted by molar-refractivity contribution is 5.84. The molecule has 1 aromatic carbocycles. The van der Waals surface area contributed by atoms with Crippen molar-refractivity contribution in [2.24, 2.45) is 11.8 Å². The Balaban J connectivity index is 1.86. The number of ether oxygens (including phenoxy) is 1. The molecule has 0 saturated heterocycles. The number of benzene rings is 1. The molecule has 1 aromatic rings. The topological polar surface area (TPSA) is 95.9 Å². The zero-order chi connectivity index (χ0) is 24.4. The van der Waals surface area contributed by atoms with Gasteiger partial charge in [0.1, 0.15) is 24.2 Å². The van der Waals surface area contributed by atoms with E-state index in [1.807, 2.05) is 12.2 Å². The highest BCUT2D eigenvalue weighted by atomic mass is 19.4. The number of hydrogen-bond acceptors (Lipinski definition) is 5. The molecule has 0 bridgehead atoms. The molecule has 1 aliphatic rings. The van der Waals surface area contributed by atoms with E-state index < -0.39 is 35.8 Å². The molecule has 1 aliphatic carbocycles. The highest BCUT2D eigenvalue weighted by Gasteiger charge is 2.39. The maximum absolute atomic E-state index is 12.8. The van der Waals surface area contributed by atoms with Crippen LogP contribution < -0.4 is 10.1 Å². The Morgan fingerprint density at radius 1 is 1.33 bits per heavy atom. The third-order valence-electron chi connectivity index (χ3n) is 5.48. The summed E-state index contributed by atoms with van der Waals surface area (Å²) in [7, 11) is 1.58. The predicted octanol–water partition coefficient (Wildman–Crippen LogP) is 3.43. The van der Waals surface area contributed by atoms with Crippen LogP contribution in [0.2, 0.25) is 0 Å². The molecule has 4 atom stereocenters. The number of aliphatic hydroxyl groups is 2. The summed E-state index contributed by atoms with van der Waals surface area (Å²) in [6.45, 7) is -0.273. The summed E-state index contributed by atoms with van der Waals surface area (Å²) < 4.78 is 43.6. The van der Waals surface area contributed by atoms with E-state index in [1.54, 1.807) is 13.1 Å². The van der Waals surface area contributed by atoms with Gasteiger partial charge in [-0.3, -0.25) is 9.59 Å². The number of rotatable bonds is 11. The first-order valence-corrected chi connectivity index (χ1v) is 10.8. The molecular weight excluding hydrogens is 439 g/mol. The third kappa shape index (κ3) is 8.66. The Labute approximate surface area is 191 Å². The van der Waals surface area contributed by atoms with Gasteiger partial charge >= 0.3 is 6.18 Å². The summed E-state index contributed by atoms with van der Waals surface area (Å²) in [6, 6.07) is 4.37. The number of alkyl halides is 3. The van der Waals surface area contributed by atoms with E-state index in [2.05, 4.69) is 5.32 Å². The van der Waals surface area contributed by atoms with E-state index in [9.17, 15) is 33.0 Å². The molecule has 0 aliphatic heterocycles. The molecule has 0 aromatic heterocycles. The van der Waals surface area contributed by atoms with Crippen LogP contribution in [0.3, 0.4) is 0 Å². The summed E-state index contributed by atoms with van der Waals surface area (Å²) in [5.74, 6) is -1.02. The van der Waals surface area contributed by atoms with Crippen molar-refractivity contribution in [3.8, 4) is 5.75 Å². The fourth-order valence-electron chi connectivity index (χ4n) is 3.65. The van der Waals surface area contributed by atoms with Crippen LogP contribution in [0.5, 0.6) is 5.75 Å². The highest BCUT2D eigenvalue weighted by Crippen LogP contribution is 2.34. The fourth-order valence-corrected chi connectivity index (χ4v) is 3.65. The second kappa shape index (κ2) is 12.6. The molecule has 0 spiro atoms. The first-order valence-electron chi connectivity index (χ1n) is 10.8. The van der Waals surface area contributed by atoms with Crippen molar-refractivity contribution in [2.45, 2.75) is 50.5 Å². The number of Topliss-reactive ketones (excluding diaryl/α,β-unsaturated/α-hetero) is 1. The number of carbonyl (C=O) groups is 2. The van der Waals surface area contributed by atoms with E-state index in [-0.39, 0.29) is 30.5 Å². The lowest BCUT2D eigenvalue weighted by Gasteiger charge is -2.17. The van der Waals surface area contributed by atoms with E-state index >= 15 is 0 Å². The number of hydrogen-bond donors (Lipinski definition) is 3. The number of unbranched alkanes of at least 4 members (excludes halogenated alkanes) is 1. The number of aliphatic hydroxyl groups excluding tert-OH is 2. The van der Waals surface area contributed by atoms with Crippen LogP contribution in [0.4, 0.5) is 13.2 Å². The van der Waals surface area contributed by atoms with E-state index in [0.29, 0.717) is 25.7 Å². The molecule has 3 N–H and O–H groups in total. The predicted molar refractivity (Wildman–Crippen MR) is 116 cm³/mol. The molecule has 0 radical (unpaired) electrons. The van der Waals surface area contributed by atoms with Gasteiger partial charge in [0.15, 0.2) is 0 Å². The molecular formula is C24H30F3NO5. The molecule has 2 rings (SSSR count). The SMILES string of the molecule is CNC(=O)CCCC=CC[C@H]1C(=O)C[C@@H](O)[C@@H]1C=C[C@@H](O)COc1cccc(C(F)(F)F)c1. The van der Waals surface area contributed by atoms with Crippen molar-refractivity contribution >= 4 is 11.7 Å². The van der Waals surface area contributed by atoms with Crippen molar-refractivity contribution in [1.29, 1.82) is 0 Å². The van der Waals surface area contributed by atoms with Crippen molar-refractivity contribution in [3.05, 3.63) is 54.1 Å². The number of carbonyl (C=O) groups excluding carboxylic acids is 2. The maximum Gasteiger partial charge on any atom is 0.416 e. The van der Waals surface area contributed by atoms with Crippen molar-refractivity contribution in [1.82, 2.24) is 5.32 Å². The first kappa shape index (κ1) is 26.6. The molecule has 1 fully saturated rings. The van der Waals surface area contributed by atoms with E-state index in [1.165, 1.54) is 18.2 Å². The maximum atomic E-state index is 12.8. The lowest BCUT2D eigenvalue weighted by molar-refractivity contribution is -0.137. The fraction of sp³-hybridized carbons (Fsp3) is 0.500. The van der Waals surface area contributed by atoms with Crippen LogP contribution in [0.15, 0.2) is 48.6 Å². The van der Waals surface area contributed by atoms with Gasteiger partial charge in [-0.2, -0.15) is 13.2 Å². The molecule has 1 saturated carbocycles. The monoisotopic (exact) mass is 469 g/mol. The van der Waals surface area contributed by atoms with Gasteiger partial charge in [-0.05, 0) is 37.5 Å². The average Bonchev–Trinajstić information content (AvgIpc) is 3.04. The summed E-state index contributed by atoms with van der Waals surface area (Å²) in [4.78, 5) is 23.4. The Hall–Kier alpha value is -2.65. The molecule has 0 unspecified atom stereocenters. The normalized spacial score (nSPS) is 22.2. The number of halogens is 3. The zero-order valence-electron chi connectivity index (χ0n) is 18.4. The smallest absolute Gasteiger partial charge is 0.416 e. The lowest BCUT2D eigenvalue weighted by Crippen LogP contribution is -2.20. The lowest BCUT2D eigenvalue weighted by atomic mass is 9.90. The summed E-state index contributed by atoms with van der Waals surface area (Å²) in [5.41, 5.74) is -0.845. The Bertz CT molecular complexity index is 853. The molecule has 182 valence electrons. The van der Waals surface area contributed by atoms with Crippen LogP contribution >= 0.6 is 0 Å². The van der Waals surface area contributed by atoms with Crippen LogP contribution in [-0.2, 0) is 15.8 Å². The zero-order valence-corrected chi connectivity index (χ0v) is 18.4. The quantitative estimate of drug-likeness (QED) is 0.341. The van der Waals surface area contributed by atoms with Crippen LogP contribution in [0.1, 0.15) is 37.7 Å². The molecule has 33 heavy (non-hydrogen) atoms. The summed E-state index contributed by atoms with van der Waals surface area (Å²) in [5, 5.41) is 22.9. The van der Waals surface area contributed by atoms with Gasteiger partial charge in [0, 0.05) is 31.7 Å². The van der Waals surface area contributed by atoms with Gasteiger partial charge in [0.2, 0.25) is 5.91 Å². The Morgan fingerprint density at radius 2 is 2.09 bits per heavy atom. The van der Waals surface area contributed by atoms with Crippen LogP contribution in [-0.4, -0.2) is 47.8 Å². The summed E-state index contributed by atoms with van der Waals surface area (Å²) in [6.07, 6.45) is 2.52. The van der Waals surface area contributed by atoms with Gasteiger partial charge in [-0.25, -0.2) is 0 Å². The van der Waals surface area contributed by atoms with Crippen molar-refractivity contribution < 1.29 is 37.7 Å². The molecule has 9 heteroatoms.